The summed E-state index contributed by atoms with van der Waals surface area (Å²) in [5.74, 6) is 1.57. The van der Waals surface area contributed by atoms with Crippen molar-refractivity contribution in [3.63, 3.8) is 0 Å². The van der Waals surface area contributed by atoms with Gasteiger partial charge in [0.15, 0.2) is 0 Å². The van der Waals surface area contributed by atoms with E-state index >= 15 is 0 Å². The number of nitrogens with zero attached hydrogens (tertiary/aromatic N) is 2. The number of allylic oxidation sites excluding steroid dienone is 1. The van der Waals surface area contributed by atoms with Gasteiger partial charge in [-0.25, -0.2) is 4.98 Å². The minimum atomic E-state index is -0.779. The molecule has 0 fully saturated rings. The molecule has 4 rings (SSSR count). The molecule has 0 radical (unpaired) electrons. The Hall–Kier alpha value is -3.37. The molecule has 4 aromatic rings. The van der Waals surface area contributed by atoms with E-state index in [1.807, 2.05) is 54.6 Å². The minimum Gasteiger partial charge on any atom is -0.493 e. The second-order valence-corrected chi connectivity index (χ2v) is 8.16. The third-order valence-corrected chi connectivity index (χ3v) is 5.87. The lowest BCUT2D eigenvalue weighted by Gasteiger charge is -2.15. The topological polar surface area (TPSA) is 47.3 Å². The monoisotopic (exact) mass is 426 g/mol. The van der Waals surface area contributed by atoms with E-state index in [0.717, 1.165) is 40.8 Å². The normalized spacial score (nSPS) is 12.1. The molecule has 1 N–H and O–H groups in total. The van der Waals surface area contributed by atoms with E-state index in [-0.39, 0.29) is 0 Å². The van der Waals surface area contributed by atoms with Gasteiger partial charge in [-0.3, -0.25) is 0 Å². The molecule has 0 saturated heterocycles. The second kappa shape index (κ2) is 9.84. The molecule has 1 aromatic heterocycles. The van der Waals surface area contributed by atoms with E-state index in [4.69, 9.17) is 9.72 Å². The number of hydrogen-bond donors (Lipinski definition) is 1. The molecule has 164 valence electrons. The van der Waals surface area contributed by atoms with Crippen molar-refractivity contribution in [2.45, 2.75) is 39.3 Å². The standard InChI is InChI=1S/C28H30N2O2/c1-4-11-22-12-8-9-15-26(22)32-17-10-16-30-25-19-21(3)20(2)18-24(25)29-28(30)27(31)23-13-6-5-7-14-23/h4-9,12-15,18-19,27,31H,1,10-11,16-17H2,2-3H3. The van der Waals surface area contributed by atoms with Gasteiger partial charge in [-0.15, -0.1) is 6.58 Å². The average molecular weight is 427 g/mol. The Morgan fingerprint density at radius 2 is 1.75 bits per heavy atom. The zero-order chi connectivity index (χ0) is 22.5. The van der Waals surface area contributed by atoms with Crippen LogP contribution in [0.2, 0.25) is 0 Å². The Labute approximate surface area is 189 Å². The Balaban J connectivity index is 1.58. The van der Waals surface area contributed by atoms with Gasteiger partial charge in [-0.2, -0.15) is 0 Å². The van der Waals surface area contributed by atoms with Crippen LogP contribution < -0.4 is 4.74 Å². The van der Waals surface area contributed by atoms with Crippen LogP contribution in [-0.4, -0.2) is 21.3 Å². The Bertz CT molecular complexity index is 1210. The van der Waals surface area contributed by atoms with E-state index < -0.39 is 6.10 Å². The molecule has 1 atom stereocenters. The first kappa shape index (κ1) is 21.8. The summed E-state index contributed by atoms with van der Waals surface area (Å²) in [6.07, 6.45) is 2.70. The van der Waals surface area contributed by atoms with Gasteiger partial charge in [-0.1, -0.05) is 54.6 Å². The molecule has 32 heavy (non-hydrogen) atoms. The first-order valence-corrected chi connectivity index (χ1v) is 11.1. The lowest BCUT2D eigenvalue weighted by Crippen LogP contribution is -2.12. The lowest BCUT2D eigenvalue weighted by molar-refractivity contribution is 0.203. The van der Waals surface area contributed by atoms with Crippen molar-refractivity contribution in [3.05, 3.63) is 107 Å². The summed E-state index contributed by atoms with van der Waals surface area (Å²) in [4.78, 5) is 4.83. The summed E-state index contributed by atoms with van der Waals surface area (Å²) in [7, 11) is 0. The van der Waals surface area contributed by atoms with Crippen molar-refractivity contribution >= 4 is 11.0 Å². The van der Waals surface area contributed by atoms with Crippen molar-refractivity contribution in [3.8, 4) is 5.75 Å². The number of fused-ring (bicyclic) bond motifs is 1. The van der Waals surface area contributed by atoms with Crippen LogP contribution >= 0.6 is 0 Å². The predicted octanol–water partition coefficient (Wildman–Crippen LogP) is 5.93. The van der Waals surface area contributed by atoms with Crippen LogP contribution in [-0.2, 0) is 13.0 Å². The SMILES string of the molecule is C=CCc1ccccc1OCCCn1c(C(O)c2ccccc2)nc2cc(C)c(C)cc21. The van der Waals surface area contributed by atoms with E-state index in [1.54, 1.807) is 0 Å². The molecule has 0 bridgehead atoms. The summed E-state index contributed by atoms with van der Waals surface area (Å²) < 4.78 is 8.22. The molecule has 0 saturated carbocycles. The van der Waals surface area contributed by atoms with Crippen LogP contribution in [0.1, 0.15) is 40.6 Å². The fraction of sp³-hybridized carbons (Fsp3) is 0.250. The average Bonchev–Trinajstić information content (AvgIpc) is 3.15. The van der Waals surface area contributed by atoms with Crippen LogP contribution in [0.5, 0.6) is 5.75 Å². The summed E-state index contributed by atoms with van der Waals surface area (Å²) >= 11 is 0. The number of aryl methyl sites for hydroxylation is 3. The third-order valence-electron chi connectivity index (χ3n) is 5.87. The maximum absolute atomic E-state index is 11.1. The first-order valence-electron chi connectivity index (χ1n) is 11.1. The predicted molar refractivity (Wildman–Crippen MR) is 130 cm³/mol. The first-order chi connectivity index (χ1) is 15.6. The van der Waals surface area contributed by atoms with Crippen LogP contribution in [0.4, 0.5) is 0 Å². The highest BCUT2D eigenvalue weighted by Gasteiger charge is 2.20. The zero-order valence-electron chi connectivity index (χ0n) is 18.8. The molecule has 0 aliphatic rings. The third kappa shape index (κ3) is 4.61. The molecular formula is C28H30N2O2. The van der Waals surface area contributed by atoms with Crippen LogP contribution in [0.15, 0.2) is 79.4 Å². The number of imidazole rings is 1. The molecule has 0 aliphatic heterocycles. The molecular weight excluding hydrogens is 396 g/mol. The smallest absolute Gasteiger partial charge is 0.143 e. The van der Waals surface area contributed by atoms with Crippen molar-refractivity contribution in [1.29, 1.82) is 0 Å². The Morgan fingerprint density at radius 3 is 2.53 bits per heavy atom. The fourth-order valence-electron chi connectivity index (χ4n) is 4.00. The van der Waals surface area contributed by atoms with E-state index in [1.165, 1.54) is 11.1 Å². The van der Waals surface area contributed by atoms with Gasteiger partial charge in [-0.05, 0) is 67.1 Å². The molecule has 1 unspecified atom stereocenters. The molecule has 1 heterocycles. The lowest BCUT2D eigenvalue weighted by atomic mass is 10.1. The number of hydrogen-bond acceptors (Lipinski definition) is 3. The van der Waals surface area contributed by atoms with Gasteiger partial charge in [0, 0.05) is 6.54 Å². The number of para-hydroxylation sites is 1. The highest BCUT2D eigenvalue weighted by atomic mass is 16.5. The summed E-state index contributed by atoms with van der Waals surface area (Å²) in [5, 5.41) is 11.1. The maximum atomic E-state index is 11.1. The van der Waals surface area contributed by atoms with Crippen molar-refractivity contribution in [1.82, 2.24) is 9.55 Å². The number of aromatic nitrogens is 2. The summed E-state index contributed by atoms with van der Waals surface area (Å²) in [6, 6.07) is 22.0. The summed E-state index contributed by atoms with van der Waals surface area (Å²) in [5.41, 5.74) is 6.36. The number of aliphatic hydroxyl groups excluding tert-OH is 1. The molecule has 4 heteroatoms. The Kier molecular flexibility index (Phi) is 6.72. The van der Waals surface area contributed by atoms with Gasteiger partial charge >= 0.3 is 0 Å². The van der Waals surface area contributed by atoms with Gasteiger partial charge < -0.3 is 14.4 Å². The van der Waals surface area contributed by atoms with Gasteiger partial charge in [0.05, 0.1) is 17.6 Å². The van der Waals surface area contributed by atoms with Crippen LogP contribution in [0, 0.1) is 13.8 Å². The Morgan fingerprint density at radius 1 is 1.03 bits per heavy atom. The highest BCUT2D eigenvalue weighted by Crippen LogP contribution is 2.28. The quantitative estimate of drug-likeness (QED) is 0.266. The minimum absolute atomic E-state index is 0.583. The molecule has 0 aliphatic carbocycles. The van der Waals surface area contributed by atoms with Gasteiger partial charge in [0.2, 0.25) is 0 Å². The second-order valence-electron chi connectivity index (χ2n) is 8.16. The highest BCUT2D eigenvalue weighted by molar-refractivity contribution is 5.78. The number of aliphatic hydroxyl groups is 1. The fourth-order valence-corrected chi connectivity index (χ4v) is 4.00. The largest absolute Gasteiger partial charge is 0.493 e. The number of rotatable bonds is 9. The molecule has 0 spiro atoms. The van der Waals surface area contributed by atoms with E-state index in [2.05, 4.69) is 43.2 Å². The van der Waals surface area contributed by atoms with Crippen molar-refractivity contribution in [2.75, 3.05) is 6.61 Å². The molecule has 0 amide bonds. The van der Waals surface area contributed by atoms with E-state index in [9.17, 15) is 5.11 Å². The van der Waals surface area contributed by atoms with Crippen LogP contribution in [0.25, 0.3) is 11.0 Å². The zero-order valence-corrected chi connectivity index (χ0v) is 18.8. The van der Waals surface area contributed by atoms with Crippen molar-refractivity contribution in [2.24, 2.45) is 0 Å². The van der Waals surface area contributed by atoms with E-state index in [0.29, 0.717) is 19.0 Å². The number of ether oxygens (including phenoxy) is 1. The van der Waals surface area contributed by atoms with Crippen LogP contribution in [0.3, 0.4) is 0 Å². The van der Waals surface area contributed by atoms with Crippen molar-refractivity contribution < 1.29 is 9.84 Å². The number of benzene rings is 3. The van der Waals surface area contributed by atoms with Gasteiger partial charge in [0.1, 0.15) is 17.7 Å². The molecule has 3 aromatic carbocycles. The maximum Gasteiger partial charge on any atom is 0.143 e. The molecule has 4 nitrogen and oxygen atoms in total. The van der Waals surface area contributed by atoms with Gasteiger partial charge in [0.25, 0.3) is 0 Å². The summed E-state index contributed by atoms with van der Waals surface area (Å²) in [6.45, 7) is 9.33.